The largest absolute Gasteiger partial charge is 0.508 e. The Morgan fingerprint density at radius 1 is 0.348 bits per heavy atom. The molecule has 0 bridgehead atoms. The smallest absolute Gasteiger partial charge is 0.341 e. The monoisotopic (exact) mass is 1250 g/mol. The number of carbonyl (C=O) groups is 7. The topological polar surface area (TPSA) is 285 Å². The van der Waals surface area contributed by atoms with Crippen molar-refractivity contribution in [2.75, 3.05) is 28.4 Å². The van der Waals surface area contributed by atoms with Crippen molar-refractivity contribution in [1.29, 1.82) is 0 Å². The van der Waals surface area contributed by atoms with E-state index in [0.29, 0.717) is 59.1 Å². The number of allylic oxidation sites excluding steroid dienone is 2. The summed E-state index contributed by atoms with van der Waals surface area (Å²) in [7, 11) is 5.06. The standard InChI is InChI=1S/C19H20O3.C18H18O4.C18H18O3.C10H10O5.C8H8O4/c1-13(2)16-11-17(19(20)21-4)14(3)10-18(16)22-12-15-8-6-5-7-9-15;1-12-9-17(22-11-14-7-5-4-6-8-14)16(13(2)19)10-15(12)18(20)21-3;1-12(2)15-10-16(18(19)20)13(3)9-17(15)21-11-14-7-5-4-6-8-14;1-5(11)6-3-7(10(14)15-2)9(13)4-8(6)12;1-12-8(11)6-3-2-5(9)4-7(6)10/h5-11H,1,12H2,2-4H3;4-10H,11H2,1-3H3;4-10H,1,11H2,2-3H3,(H,19,20);3-4,12-13H,1-2H3;2-4,9-10H,1H3. The lowest BCUT2D eigenvalue weighted by Crippen LogP contribution is -2.08. The fourth-order valence-electron chi connectivity index (χ4n) is 8.38. The number of Topliss-reactive ketones (excluding diaryl/α,β-unsaturated/α-hetero) is 2. The average molecular weight is 1260 g/mol. The summed E-state index contributed by atoms with van der Waals surface area (Å²) < 4.78 is 35.8. The van der Waals surface area contributed by atoms with Gasteiger partial charge in [0.15, 0.2) is 11.6 Å². The second kappa shape index (κ2) is 35.5. The summed E-state index contributed by atoms with van der Waals surface area (Å²) in [5, 5.41) is 45.8. The lowest BCUT2D eigenvalue weighted by atomic mass is 10.00. The molecule has 0 aromatic heterocycles. The van der Waals surface area contributed by atoms with Gasteiger partial charge in [-0.2, -0.15) is 0 Å². The predicted molar refractivity (Wildman–Crippen MR) is 347 cm³/mol. The van der Waals surface area contributed by atoms with Crippen LogP contribution in [0.2, 0.25) is 0 Å². The maximum atomic E-state index is 11.8. The average Bonchev–Trinajstić information content (AvgIpc) is 0.885. The number of carboxylic acid groups (broad SMARTS) is 1. The molecule has 8 rings (SSSR count). The number of carbonyl (C=O) groups excluding carboxylic acids is 6. The van der Waals surface area contributed by atoms with Crippen LogP contribution in [0.5, 0.6) is 40.2 Å². The van der Waals surface area contributed by atoms with Gasteiger partial charge in [0.25, 0.3) is 0 Å². The fraction of sp³-hybridized carbons (Fsp3) is 0.192. The van der Waals surface area contributed by atoms with Crippen LogP contribution in [0.25, 0.3) is 11.1 Å². The van der Waals surface area contributed by atoms with Gasteiger partial charge in [-0.1, -0.05) is 104 Å². The quantitative estimate of drug-likeness (QED) is 0.0303. The van der Waals surface area contributed by atoms with Crippen LogP contribution in [-0.4, -0.2) is 95.4 Å². The second-order valence-electron chi connectivity index (χ2n) is 20.3. The van der Waals surface area contributed by atoms with Gasteiger partial charge in [0.1, 0.15) is 71.2 Å². The summed E-state index contributed by atoms with van der Waals surface area (Å²) in [6.45, 7) is 21.0. The van der Waals surface area contributed by atoms with Crippen LogP contribution in [0.4, 0.5) is 0 Å². The molecule has 0 saturated heterocycles. The van der Waals surface area contributed by atoms with Gasteiger partial charge < -0.3 is 58.7 Å². The third-order valence-corrected chi connectivity index (χ3v) is 13.3. The molecule has 5 N–H and O–H groups in total. The minimum Gasteiger partial charge on any atom is -0.508 e. The first-order valence-corrected chi connectivity index (χ1v) is 28.1. The molecule has 0 atom stereocenters. The number of hydrogen-bond acceptors (Lipinski definition) is 18. The van der Waals surface area contributed by atoms with Crippen LogP contribution in [-0.2, 0) is 38.8 Å². The van der Waals surface area contributed by atoms with Crippen molar-refractivity contribution in [2.24, 2.45) is 0 Å². The van der Waals surface area contributed by atoms with Crippen LogP contribution in [0.3, 0.4) is 0 Å². The van der Waals surface area contributed by atoms with Crippen LogP contribution < -0.4 is 14.2 Å². The number of ketones is 2. The molecule has 0 heterocycles. The minimum atomic E-state index is -0.940. The van der Waals surface area contributed by atoms with E-state index in [-0.39, 0.29) is 51.3 Å². The molecule has 19 heteroatoms. The molecule has 92 heavy (non-hydrogen) atoms. The van der Waals surface area contributed by atoms with Crippen molar-refractivity contribution >= 4 is 52.6 Å². The van der Waals surface area contributed by atoms with E-state index >= 15 is 0 Å². The minimum absolute atomic E-state index is 0.0341. The van der Waals surface area contributed by atoms with Gasteiger partial charge in [-0.05, 0) is 148 Å². The van der Waals surface area contributed by atoms with Crippen LogP contribution in [0.1, 0.15) is 145 Å². The van der Waals surface area contributed by atoms with Gasteiger partial charge in [-0.3, -0.25) is 9.59 Å². The van der Waals surface area contributed by atoms with E-state index < -0.39 is 35.4 Å². The number of aromatic carboxylic acids is 1. The lowest BCUT2D eigenvalue weighted by molar-refractivity contribution is 0.0588. The highest BCUT2D eigenvalue weighted by atomic mass is 16.5. The molecule has 0 aliphatic carbocycles. The maximum Gasteiger partial charge on any atom is 0.341 e. The van der Waals surface area contributed by atoms with Gasteiger partial charge >= 0.3 is 29.8 Å². The van der Waals surface area contributed by atoms with E-state index in [9.17, 15) is 48.9 Å². The first kappa shape index (κ1) is 73.0. The zero-order valence-corrected chi connectivity index (χ0v) is 53.0. The number of phenolic OH excluding ortho intramolecular Hbond substituents is 4. The molecular weight excluding hydrogens is 1180 g/mol. The van der Waals surface area contributed by atoms with E-state index in [1.165, 1.54) is 53.4 Å². The number of aromatic hydroxyl groups is 4. The van der Waals surface area contributed by atoms with Gasteiger partial charge in [-0.25, -0.2) is 24.0 Å². The van der Waals surface area contributed by atoms with E-state index in [4.69, 9.17) is 33.9 Å². The fourth-order valence-corrected chi connectivity index (χ4v) is 8.38. The van der Waals surface area contributed by atoms with Crippen molar-refractivity contribution in [2.45, 2.75) is 68.3 Å². The van der Waals surface area contributed by atoms with E-state index in [0.717, 1.165) is 75.6 Å². The second-order valence-corrected chi connectivity index (χ2v) is 20.3. The third kappa shape index (κ3) is 21.4. The number of ether oxygens (including phenoxy) is 7. The number of aryl methyl sites for hydroxylation is 3. The molecule has 0 unspecified atom stereocenters. The summed E-state index contributed by atoms with van der Waals surface area (Å²) in [6.07, 6.45) is 0. The molecule has 0 saturated carbocycles. The molecular formula is C73H74O19. The summed E-state index contributed by atoms with van der Waals surface area (Å²) in [4.78, 5) is 79.6. The Morgan fingerprint density at radius 2 is 0.652 bits per heavy atom. The molecule has 0 aliphatic heterocycles. The predicted octanol–water partition coefficient (Wildman–Crippen LogP) is 14.2. The first-order valence-electron chi connectivity index (χ1n) is 28.1. The highest BCUT2D eigenvalue weighted by molar-refractivity contribution is 6.02. The molecule has 8 aromatic carbocycles. The van der Waals surface area contributed by atoms with E-state index in [1.54, 1.807) is 38.1 Å². The number of phenols is 4. The van der Waals surface area contributed by atoms with Crippen LogP contribution in [0.15, 0.2) is 171 Å². The number of methoxy groups -OCH3 is 4. The highest BCUT2D eigenvalue weighted by Gasteiger charge is 2.21. The van der Waals surface area contributed by atoms with Crippen LogP contribution >= 0.6 is 0 Å². The molecule has 0 aliphatic rings. The molecule has 0 fully saturated rings. The number of carboxylic acids is 1. The van der Waals surface area contributed by atoms with Gasteiger partial charge in [0.2, 0.25) is 0 Å². The zero-order valence-electron chi connectivity index (χ0n) is 53.0. The molecule has 19 nitrogen and oxygen atoms in total. The van der Waals surface area contributed by atoms with Gasteiger partial charge in [0, 0.05) is 23.3 Å². The summed E-state index contributed by atoms with van der Waals surface area (Å²) >= 11 is 0. The summed E-state index contributed by atoms with van der Waals surface area (Å²) in [5.74, 6) is -3.04. The van der Waals surface area contributed by atoms with Gasteiger partial charge in [0.05, 0.1) is 56.3 Å². The van der Waals surface area contributed by atoms with Crippen molar-refractivity contribution < 1.29 is 92.3 Å². The number of benzene rings is 8. The molecule has 0 amide bonds. The summed E-state index contributed by atoms with van der Waals surface area (Å²) in [6, 6.07) is 45.4. The Balaban J connectivity index is 0.000000249. The third-order valence-electron chi connectivity index (χ3n) is 13.3. The van der Waals surface area contributed by atoms with Crippen molar-refractivity contribution in [3.8, 4) is 40.2 Å². The maximum absolute atomic E-state index is 11.8. The molecule has 0 spiro atoms. The van der Waals surface area contributed by atoms with E-state index in [1.807, 2.05) is 118 Å². The lowest BCUT2D eigenvalue weighted by Gasteiger charge is -2.15. The SMILES string of the molecule is C=C(C)c1cc(C(=O)O)c(C)cc1OCc1ccccc1.C=C(C)c1cc(C(=O)OC)c(C)cc1OCc1ccccc1.COC(=O)c1cc(C(C)=O)c(O)cc1O.COC(=O)c1cc(C(C)=O)c(OCc2ccccc2)cc1C.COC(=O)c1ccc(O)cc1O. The first-order chi connectivity index (χ1) is 43.6. The van der Waals surface area contributed by atoms with Crippen molar-refractivity contribution in [3.05, 3.63) is 254 Å². The highest BCUT2D eigenvalue weighted by Crippen LogP contribution is 2.33. The number of esters is 4. The Hall–Kier alpha value is -11.5. The summed E-state index contributed by atoms with van der Waals surface area (Å²) in [5.41, 5.74) is 9.94. The Labute approximate surface area is 533 Å². The van der Waals surface area contributed by atoms with Crippen molar-refractivity contribution in [3.63, 3.8) is 0 Å². The Morgan fingerprint density at radius 3 is 1.00 bits per heavy atom. The Kier molecular flexibility index (Phi) is 28.2. The van der Waals surface area contributed by atoms with E-state index in [2.05, 4.69) is 22.6 Å². The molecule has 8 aromatic rings. The molecule has 480 valence electrons. The van der Waals surface area contributed by atoms with Crippen molar-refractivity contribution in [1.82, 2.24) is 0 Å². The molecule has 0 radical (unpaired) electrons. The zero-order chi connectivity index (χ0) is 68.4. The van der Waals surface area contributed by atoms with Crippen LogP contribution in [0, 0.1) is 20.8 Å². The number of rotatable bonds is 18. The normalized spacial score (nSPS) is 9.99. The Bertz CT molecular complexity index is 3820. The van der Waals surface area contributed by atoms with Gasteiger partial charge in [-0.15, -0.1) is 0 Å². The number of hydrogen-bond donors (Lipinski definition) is 5.